The van der Waals surface area contributed by atoms with E-state index in [1.165, 1.54) is 0 Å². The highest BCUT2D eigenvalue weighted by molar-refractivity contribution is 4.41. The Hall–Kier alpha value is -0.120. The lowest BCUT2D eigenvalue weighted by atomic mass is 10.3. The fourth-order valence-corrected chi connectivity index (χ4v) is 0.586. The normalized spacial score (nSPS) is 16.8. The van der Waals surface area contributed by atoms with Gasteiger partial charge in [0.25, 0.3) is 0 Å². The summed E-state index contributed by atoms with van der Waals surface area (Å²) in [6.07, 6.45) is -0.161. The Balaban J connectivity index is 3.27. The van der Waals surface area contributed by atoms with Crippen molar-refractivity contribution in [3.63, 3.8) is 0 Å². The Kier molecular flexibility index (Phi) is 5.58. The van der Waals surface area contributed by atoms with Crippen molar-refractivity contribution in [3.05, 3.63) is 0 Å². The van der Waals surface area contributed by atoms with Gasteiger partial charge in [0.05, 0.1) is 0 Å². The summed E-state index contributed by atoms with van der Waals surface area (Å²) >= 11 is 0. The first-order chi connectivity index (χ1) is 4.70. The van der Waals surface area contributed by atoms with E-state index in [0.717, 1.165) is 6.42 Å². The molecule has 0 aromatic heterocycles. The van der Waals surface area contributed by atoms with Crippen LogP contribution in [0.1, 0.15) is 33.1 Å². The van der Waals surface area contributed by atoms with E-state index in [4.69, 9.17) is 5.11 Å². The molecular weight excluding hydrogens is 132 g/mol. The summed E-state index contributed by atoms with van der Waals surface area (Å²) < 4.78 is 4.64. The minimum absolute atomic E-state index is 0.404. The summed E-state index contributed by atoms with van der Waals surface area (Å²) in [5, 5.41) is 19.5. The van der Waals surface area contributed by atoms with E-state index in [9.17, 15) is 5.11 Å². The summed E-state index contributed by atoms with van der Waals surface area (Å²) in [7, 11) is 0. The average Bonchev–Trinajstić information content (AvgIpc) is 1.88. The molecular formula is C7H15O3. The lowest BCUT2D eigenvalue weighted by molar-refractivity contribution is -0.232. The minimum atomic E-state index is -1.07. The molecule has 0 saturated carbocycles. The standard InChI is InChI=1S/C7H15O3/c1-3-5-7(9)10-6(8)4-2/h6-7,9H,3-5H2,1-2H3. The van der Waals surface area contributed by atoms with Gasteiger partial charge < -0.3 is 9.84 Å². The fourth-order valence-electron chi connectivity index (χ4n) is 0.586. The van der Waals surface area contributed by atoms with Crippen molar-refractivity contribution in [3.8, 4) is 0 Å². The highest BCUT2D eigenvalue weighted by Gasteiger charge is 2.08. The van der Waals surface area contributed by atoms with Crippen LogP contribution in [0, 0.1) is 0 Å². The van der Waals surface area contributed by atoms with Gasteiger partial charge in [-0.05, 0) is 12.8 Å². The Morgan fingerprint density at radius 3 is 2.50 bits per heavy atom. The summed E-state index contributed by atoms with van der Waals surface area (Å²) in [5.41, 5.74) is 0. The Bertz CT molecular complexity index is 75.3. The summed E-state index contributed by atoms with van der Waals surface area (Å²) in [4.78, 5) is 0. The van der Waals surface area contributed by atoms with Gasteiger partial charge in [0, 0.05) is 0 Å². The molecule has 0 aromatic carbocycles. The number of hydrogen-bond donors (Lipinski definition) is 1. The molecule has 0 fully saturated rings. The predicted octanol–water partition coefficient (Wildman–Crippen LogP) is 1.29. The van der Waals surface area contributed by atoms with Crippen LogP contribution in [0.25, 0.3) is 0 Å². The third kappa shape index (κ3) is 4.73. The van der Waals surface area contributed by atoms with Crippen molar-refractivity contribution in [2.45, 2.75) is 45.7 Å². The Morgan fingerprint density at radius 1 is 1.50 bits per heavy atom. The Morgan fingerprint density at radius 2 is 2.10 bits per heavy atom. The lowest BCUT2D eigenvalue weighted by Crippen LogP contribution is -2.19. The van der Waals surface area contributed by atoms with Gasteiger partial charge in [-0.3, -0.25) is 0 Å². The van der Waals surface area contributed by atoms with Gasteiger partial charge in [0.1, 0.15) is 0 Å². The largest absolute Gasteiger partial charge is 0.368 e. The molecule has 0 saturated heterocycles. The smallest absolute Gasteiger partial charge is 0.194 e. The summed E-state index contributed by atoms with van der Waals surface area (Å²) in [6.45, 7) is 3.66. The number of hydrogen-bond acceptors (Lipinski definition) is 2. The zero-order valence-corrected chi connectivity index (χ0v) is 6.54. The van der Waals surface area contributed by atoms with Crippen molar-refractivity contribution >= 4 is 0 Å². The number of aliphatic hydroxyl groups excluding tert-OH is 1. The molecule has 0 heterocycles. The van der Waals surface area contributed by atoms with Crippen molar-refractivity contribution in [1.82, 2.24) is 0 Å². The van der Waals surface area contributed by atoms with E-state index in [1.54, 1.807) is 6.92 Å². The molecule has 0 rings (SSSR count). The second-order valence-corrected chi connectivity index (χ2v) is 2.22. The van der Waals surface area contributed by atoms with E-state index < -0.39 is 12.6 Å². The highest BCUT2D eigenvalue weighted by atomic mass is 16.7. The third-order valence-electron chi connectivity index (χ3n) is 1.18. The maximum atomic E-state index is 10.6. The van der Waals surface area contributed by atoms with Crippen LogP contribution in [-0.4, -0.2) is 17.7 Å². The van der Waals surface area contributed by atoms with Crippen LogP contribution in [0.15, 0.2) is 0 Å². The van der Waals surface area contributed by atoms with Crippen LogP contribution >= 0.6 is 0 Å². The van der Waals surface area contributed by atoms with Crippen LogP contribution in [0.4, 0.5) is 0 Å². The second kappa shape index (κ2) is 5.65. The highest BCUT2D eigenvalue weighted by Crippen LogP contribution is 2.03. The van der Waals surface area contributed by atoms with Crippen LogP contribution in [0.2, 0.25) is 0 Å². The molecule has 3 nitrogen and oxygen atoms in total. The monoisotopic (exact) mass is 147 g/mol. The molecule has 1 radical (unpaired) electrons. The molecule has 0 bridgehead atoms. The molecule has 0 aliphatic heterocycles. The van der Waals surface area contributed by atoms with Crippen LogP contribution < -0.4 is 0 Å². The molecule has 61 valence electrons. The van der Waals surface area contributed by atoms with Crippen LogP contribution in [0.3, 0.4) is 0 Å². The van der Waals surface area contributed by atoms with Gasteiger partial charge in [-0.2, -0.15) is 0 Å². The molecule has 0 aromatic rings. The van der Waals surface area contributed by atoms with Gasteiger partial charge in [-0.25, -0.2) is 5.11 Å². The van der Waals surface area contributed by atoms with E-state index in [-0.39, 0.29) is 0 Å². The lowest BCUT2D eigenvalue weighted by Gasteiger charge is -2.12. The van der Waals surface area contributed by atoms with Crippen LogP contribution in [-0.2, 0) is 9.84 Å². The van der Waals surface area contributed by atoms with E-state index in [2.05, 4.69) is 4.74 Å². The summed E-state index contributed by atoms with van der Waals surface area (Å²) in [5.74, 6) is 0. The molecule has 0 spiro atoms. The first-order valence-corrected chi connectivity index (χ1v) is 3.70. The van der Waals surface area contributed by atoms with E-state index in [0.29, 0.717) is 12.8 Å². The van der Waals surface area contributed by atoms with Crippen molar-refractivity contribution < 1.29 is 14.9 Å². The van der Waals surface area contributed by atoms with Gasteiger partial charge >= 0.3 is 0 Å². The van der Waals surface area contributed by atoms with Gasteiger partial charge in [0.2, 0.25) is 0 Å². The minimum Gasteiger partial charge on any atom is -0.368 e. The SMILES string of the molecule is CCCC(O)OC([O])CC. The molecule has 1 N–H and O–H groups in total. The maximum absolute atomic E-state index is 10.6. The molecule has 0 aliphatic rings. The first kappa shape index (κ1) is 9.88. The zero-order chi connectivity index (χ0) is 7.98. The van der Waals surface area contributed by atoms with E-state index >= 15 is 0 Å². The molecule has 10 heavy (non-hydrogen) atoms. The number of rotatable bonds is 5. The first-order valence-electron chi connectivity index (χ1n) is 3.70. The quantitative estimate of drug-likeness (QED) is 0.595. The second-order valence-electron chi connectivity index (χ2n) is 2.22. The number of ether oxygens (including phenoxy) is 1. The topological polar surface area (TPSA) is 49.4 Å². The molecule has 2 atom stereocenters. The van der Waals surface area contributed by atoms with Crippen LogP contribution in [0.5, 0.6) is 0 Å². The van der Waals surface area contributed by atoms with E-state index in [1.807, 2.05) is 6.92 Å². The number of aliphatic hydroxyl groups is 1. The average molecular weight is 147 g/mol. The fraction of sp³-hybridized carbons (Fsp3) is 1.00. The zero-order valence-electron chi connectivity index (χ0n) is 6.54. The predicted molar refractivity (Wildman–Crippen MR) is 36.8 cm³/mol. The van der Waals surface area contributed by atoms with Gasteiger partial charge in [-0.15, -0.1) is 0 Å². The van der Waals surface area contributed by atoms with Gasteiger partial charge in [0.15, 0.2) is 12.6 Å². The molecule has 0 aliphatic carbocycles. The molecule has 2 unspecified atom stereocenters. The van der Waals surface area contributed by atoms with Crippen molar-refractivity contribution in [1.29, 1.82) is 0 Å². The third-order valence-corrected chi connectivity index (χ3v) is 1.18. The van der Waals surface area contributed by atoms with Gasteiger partial charge in [-0.1, -0.05) is 20.3 Å². The van der Waals surface area contributed by atoms with Crippen molar-refractivity contribution in [2.75, 3.05) is 0 Å². The summed E-state index contributed by atoms with van der Waals surface area (Å²) in [6, 6.07) is 0. The Labute approximate surface area is 61.6 Å². The molecule has 3 heteroatoms. The van der Waals surface area contributed by atoms with Crippen molar-refractivity contribution in [2.24, 2.45) is 0 Å². The maximum Gasteiger partial charge on any atom is 0.194 e. The molecule has 0 amide bonds.